The number of carboxylic acid groups (broad SMARTS) is 1. The van der Waals surface area contributed by atoms with Gasteiger partial charge in [-0.1, -0.05) is 25.4 Å². The molecule has 7 heteroatoms. The molecule has 23 heavy (non-hydrogen) atoms. The van der Waals surface area contributed by atoms with E-state index in [4.69, 9.17) is 21.4 Å². The number of carboxylic acids is 1. The number of rotatable bonds is 9. The average Bonchev–Trinajstić information content (AvgIpc) is 2.46. The highest BCUT2D eigenvalue weighted by atomic mass is 35.5. The molecule has 0 fully saturated rings. The Morgan fingerprint density at radius 1 is 1.35 bits per heavy atom. The van der Waals surface area contributed by atoms with Gasteiger partial charge < -0.3 is 20.5 Å². The zero-order valence-electron chi connectivity index (χ0n) is 13.6. The minimum atomic E-state index is -1.02. The summed E-state index contributed by atoms with van der Waals surface area (Å²) in [7, 11) is 1.55. The lowest BCUT2D eigenvalue weighted by Gasteiger charge is -2.17. The van der Waals surface area contributed by atoms with Crippen LogP contribution in [-0.4, -0.2) is 36.7 Å². The van der Waals surface area contributed by atoms with Gasteiger partial charge in [0.1, 0.15) is 11.8 Å². The first kappa shape index (κ1) is 19.1. The second kappa shape index (κ2) is 9.25. The Labute approximate surface area is 141 Å². The third-order valence-electron chi connectivity index (χ3n) is 3.17. The predicted octanol–water partition coefficient (Wildman–Crippen LogP) is 2.77. The number of anilines is 1. The van der Waals surface area contributed by atoms with Crippen molar-refractivity contribution in [1.82, 2.24) is 5.32 Å². The van der Waals surface area contributed by atoms with E-state index in [1.807, 2.05) is 13.8 Å². The Morgan fingerprint density at radius 2 is 2.04 bits per heavy atom. The molecular formula is C16H23ClN2O4. The van der Waals surface area contributed by atoms with Gasteiger partial charge >= 0.3 is 5.97 Å². The Kier molecular flexibility index (Phi) is 7.68. The van der Waals surface area contributed by atoms with Crippen LogP contribution >= 0.6 is 11.6 Å². The molecule has 1 atom stereocenters. The highest BCUT2D eigenvalue weighted by Crippen LogP contribution is 2.27. The first-order valence-corrected chi connectivity index (χ1v) is 7.80. The van der Waals surface area contributed by atoms with E-state index in [0.29, 0.717) is 29.4 Å². The van der Waals surface area contributed by atoms with E-state index < -0.39 is 12.0 Å². The minimum Gasteiger partial charge on any atom is -0.495 e. The van der Waals surface area contributed by atoms with Crippen molar-refractivity contribution in [3.63, 3.8) is 0 Å². The second-order valence-electron chi connectivity index (χ2n) is 5.61. The van der Waals surface area contributed by atoms with Crippen molar-refractivity contribution in [2.24, 2.45) is 5.92 Å². The number of hydrogen-bond donors (Lipinski definition) is 3. The van der Waals surface area contributed by atoms with Crippen LogP contribution in [0.4, 0.5) is 5.69 Å². The van der Waals surface area contributed by atoms with Crippen LogP contribution in [-0.2, 0) is 9.59 Å². The van der Waals surface area contributed by atoms with Crippen LogP contribution < -0.4 is 15.4 Å². The molecule has 128 valence electrons. The molecule has 0 saturated carbocycles. The summed E-state index contributed by atoms with van der Waals surface area (Å²) in [6.07, 6.45) is 0.550. The van der Waals surface area contributed by atoms with Crippen molar-refractivity contribution in [3.05, 3.63) is 23.2 Å². The molecule has 1 amide bonds. The number of amides is 1. The maximum absolute atomic E-state index is 11.9. The monoisotopic (exact) mass is 342 g/mol. The molecule has 0 heterocycles. The summed E-state index contributed by atoms with van der Waals surface area (Å²) < 4.78 is 5.20. The Morgan fingerprint density at radius 3 is 2.61 bits per heavy atom. The van der Waals surface area contributed by atoms with Crippen LogP contribution in [0.2, 0.25) is 5.02 Å². The van der Waals surface area contributed by atoms with Gasteiger partial charge in [-0.25, -0.2) is 4.79 Å². The molecule has 0 aliphatic rings. The fourth-order valence-corrected chi connectivity index (χ4v) is 2.26. The van der Waals surface area contributed by atoms with Gasteiger partial charge in [-0.05, 0) is 30.5 Å². The van der Waals surface area contributed by atoms with Gasteiger partial charge in [-0.3, -0.25) is 4.79 Å². The highest BCUT2D eigenvalue weighted by molar-refractivity contribution is 6.30. The average molecular weight is 343 g/mol. The van der Waals surface area contributed by atoms with E-state index in [1.54, 1.807) is 25.3 Å². The standard InChI is InChI=1S/C16H23ClN2O4/c1-10(2)8-13(16(21)22)19-15(20)6-7-18-12-9-11(17)4-5-14(12)23-3/h4-5,9-10,13,18H,6-8H2,1-3H3,(H,19,20)(H,21,22)/t13-/m0/s1. The lowest BCUT2D eigenvalue weighted by Crippen LogP contribution is -2.42. The third kappa shape index (κ3) is 6.78. The smallest absolute Gasteiger partial charge is 0.326 e. The van der Waals surface area contributed by atoms with E-state index >= 15 is 0 Å². The fraction of sp³-hybridized carbons (Fsp3) is 0.500. The van der Waals surface area contributed by atoms with Gasteiger partial charge in [-0.15, -0.1) is 0 Å². The van der Waals surface area contributed by atoms with E-state index in [0.717, 1.165) is 0 Å². The molecule has 0 aromatic heterocycles. The molecule has 0 unspecified atom stereocenters. The lowest BCUT2D eigenvalue weighted by atomic mass is 10.0. The summed E-state index contributed by atoms with van der Waals surface area (Å²) in [6.45, 7) is 4.17. The Balaban J connectivity index is 2.50. The van der Waals surface area contributed by atoms with Crippen LogP contribution in [0.1, 0.15) is 26.7 Å². The predicted molar refractivity (Wildman–Crippen MR) is 90.1 cm³/mol. The van der Waals surface area contributed by atoms with Crippen molar-refractivity contribution in [2.75, 3.05) is 19.0 Å². The largest absolute Gasteiger partial charge is 0.495 e. The zero-order valence-corrected chi connectivity index (χ0v) is 14.3. The molecule has 0 spiro atoms. The molecule has 1 aromatic carbocycles. The first-order chi connectivity index (χ1) is 10.8. The van der Waals surface area contributed by atoms with Crippen LogP contribution in [0.5, 0.6) is 5.75 Å². The Hall–Kier alpha value is -1.95. The molecule has 1 aromatic rings. The normalized spacial score (nSPS) is 11.9. The van der Waals surface area contributed by atoms with Crippen molar-refractivity contribution >= 4 is 29.2 Å². The SMILES string of the molecule is COc1ccc(Cl)cc1NCCC(=O)N[C@@H](CC(C)C)C(=O)O. The number of hydrogen-bond acceptors (Lipinski definition) is 4. The number of halogens is 1. The summed E-state index contributed by atoms with van der Waals surface area (Å²) in [5.74, 6) is -0.522. The van der Waals surface area contributed by atoms with Gasteiger partial charge in [-0.2, -0.15) is 0 Å². The van der Waals surface area contributed by atoms with Crippen LogP contribution in [0.3, 0.4) is 0 Å². The van der Waals surface area contributed by atoms with Crippen molar-refractivity contribution < 1.29 is 19.4 Å². The number of carbonyl (C=O) groups excluding carboxylic acids is 1. The van der Waals surface area contributed by atoms with Gasteiger partial charge in [0.2, 0.25) is 5.91 Å². The molecule has 6 nitrogen and oxygen atoms in total. The number of ether oxygens (including phenoxy) is 1. The van der Waals surface area contributed by atoms with Crippen LogP contribution in [0.15, 0.2) is 18.2 Å². The highest BCUT2D eigenvalue weighted by Gasteiger charge is 2.20. The molecular weight excluding hydrogens is 320 g/mol. The van der Waals surface area contributed by atoms with Gasteiger partial charge in [0.15, 0.2) is 0 Å². The minimum absolute atomic E-state index is 0.150. The Bertz CT molecular complexity index is 549. The van der Waals surface area contributed by atoms with Crippen molar-refractivity contribution in [3.8, 4) is 5.75 Å². The van der Waals surface area contributed by atoms with Gasteiger partial charge in [0.25, 0.3) is 0 Å². The van der Waals surface area contributed by atoms with Gasteiger partial charge in [0, 0.05) is 18.0 Å². The van der Waals surface area contributed by atoms with E-state index in [2.05, 4.69) is 10.6 Å². The summed E-state index contributed by atoms with van der Waals surface area (Å²) >= 11 is 5.93. The summed E-state index contributed by atoms with van der Waals surface area (Å²) in [6, 6.07) is 4.29. The summed E-state index contributed by atoms with van der Waals surface area (Å²) in [5.41, 5.74) is 0.685. The molecule has 0 bridgehead atoms. The quantitative estimate of drug-likeness (QED) is 0.642. The van der Waals surface area contributed by atoms with Crippen molar-refractivity contribution in [1.29, 1.82) is 0 Å². The first-order valence-electron chi connectivity index (χ1n) is 7.43. The number of methoxy groups -OCH3 is 1. The van der Waals surface area contributed by atoms with E-state index in [1.165, 1.54) is 0 Å². The fourth-order valence-electron chi connectivity index (χ4n) is 2.09. The molecule has 0 saturated heterocycles. The maximum Gasteiger partial charge on any atom is 0.326 e. The van der Waals surface area contributed by atoms with E-state index in [9.17, 15) is 9.59 Å². The summed E-state index contributed by atoms with van der Waals surface area (Å²) in [5, 5.41) is 15.3. The zero-order chi connectivity index (χ0) is 17.4. The topological polar surface area (TPSA) is 87.7 Å². The van der Waals surface area contributed by atoms with Crippen LogP contribution in [0, 0.1) is 5.92 Å². The number of benzene rings is 1. The second-order valence-corrected chi connectivity index (χ2v) is 6.05. The lowest BCUT2D eigenvalue weighted by molar-refractivity contribution is -0.142. The number of carbonyl (C=O) groups is 2. The van der Waals surface area contributed by atoms with Crippen molar-refractivity contribution in [2.45, 2.75) is 32.7 Å². The number of nitrogens with one attached hydrogen (secondary N) is 2. The number of aliphatic carboxylic acids is 1. The van der Waals surface area contributed by atoms with Crippen LogP contribution in [0.25, 0.3) is 0 Å². The molecule has 3 N–H and O–H groups in total. The summed E-state index contributed by atoms with van der Waals surface area (Å²) in [4.78, 5) is 23.0. The van der Waals surface area contributed by atoms with E-state index in [-0.39, 0.29) is 18.2 Å². The third-order valence-corrected chi connectivity index (χ3v) is 3.40. The molecule has 1 rings (SSSR count). The maximum atomic E-state index is 11.9. The molecule has 0 radical (unpaired) electrons. The molecule has 0 aliphatic carbocycles. The van der Waals surface area contributed by atoms with Gasteiger partial charge in [0.05, 0.1) is 12.8 Å². The molecule has 0 aliphatic heterocycles.